The minimum Gasteiger partial charge on any atom is -0.497 e. The molecule has 1 saturated heterocycles. The SMILES string of the molecule is CCCN1CCO[C@@H]2c3cc(C(=O)NCc4ccc(OC)cc4)ccc3CC[C@H]21. The predicted octanol–water partition coefficient (Wildman–Crippen LogP) is 3.72. The van der Waals surface area contributed by atoms with Crippen molar-refractivity contribution in [1.82, 2.24) is 10.2 Å². The second-order valence-electron chi connectivity index (χ2n) is 7.88. The summed E-state index contributed by atoms with van der Waals surface area (Å²) in [7, 11) is 1.65. The number of hydrogen-bond acceptors (Lipinski definition) is 4. The van der Waals surface area contributed by atoms with Gasteiger partial charge in [0.05, 0.1) is 19.8 Å². The summed E-state index contributed by atoms with van der Waals surface area (Å²) in [6.07, 6.45) is 3.41. The third-order valence-corrected chi connectivity index (χ3v) is 6.04. The minimum atomic E-state index is -0.0491. The highest BCUT2D eigenvalue weighted by Crippen LogP contribution is 2.38. The molecule has 0 spiro atoms. The Bertz CT molecular complexity index is 848. The Kier molecular flexibility index (Phi) is 6.16. The Morgan fingerprint density at radius 3 is 2.83 bits per heavy atom. The summed E-state index contributed by atoms with van der Waals surface area (Å²) in [5, 5.41) is 3.03. The number of fused-ring (bicyclic) bond motifs is 3. The van der Waals surface area contributed by atoms with Gasteiger partial charge in [0.1, 0.15) is 5.75 Å². The van der Waals surface area contributed by atoms with Gasteiger partial charge in [0.25, 0.3) is 5.91 Å². The smallest absolute Gasteiger partial charge is 0.251 e. The molecule has 29 heavy (non-hydrogen) atoms. The van der Waals surface area contributed by atoms with Crippen molar-refractivity contribution in [1.29, 1.82) is 0 Å². The average molecular weight is 395 g/mol. The van der Waals surface area contributed by atoms with Crippen LogP contribution in [0.1, 0.15) is 52.9 Å². The molecule has 2 aliphatic rings. The molecule has 1 aliphatic carbocycles. The molecule has 0 aromatic heterocycles. The zero-order valence-electron chi connectivity index (χ0n) is 17.3. The number of nitrogens with one attached hydrogen (secondary N) is 1. The van der Waals surface area contributed by atoms with E-state index in [4.69, 9.17) is 9.47 Å². The van der Waals surface area contributed by atoms with Gasteiger partial charge in [0.15, 0.2) is 0 Å². The number of aryl methyl sites for hydroxylation is 1. The van der Waals surface area contributed by atoms with Gasteiger partial charge in [-0.25, -0.2) is 0 Å². The lowest BCUT2D eigenvalue weighted by atomic mass is 9.83. The van der Waals surface area contributed by atoms with Crippen LogP contribution in [0.2, 0.25) is 0 Å². The number of ether oxygens (including phenoxy) is 2. The largest absolute Gasteiger partial charge is 0.497 e. The summed E-state index contributed by atoms with van der Waals surface area (Å²) < 4.78 is 11.4. The molecular weight excluding hydrogens is 364 g/mol. The van der Waals surface area contributed by atoms with Crippen molar-refractivity contribution >= 4 is 5.91 Å². The second kappa shape index (κ2) is 8.97. The molecule has 5 heteroatoms. The number of methoxy groups -OCH3 is 1. The molecule has 2 aromatic carbocycles. The first kappa shape index (κ1) is 19.9. The highest BCUT2D eigenvalue weighted by molar-refractivity contribution is 5.94. The highest BCUT2D eigenvalue weighted by atomic mass is 16.5. The molecule has 1 N–H and O–H groups in total. The van der Waals surface area contributed by atoms with E-state index >= 15 is 0 Å². The van der Waals surface area contributed by atoms with Gasteiger partial charge in [0.2, 0.25) is 0 Å². The van der Waals surface area contributed by atoms with E-state index in [2.05, 4.69) is 23.2 Å². The van der Waals surface area contributed by atoms with Crippen molar-refractivity contribution in [2.75, 3.05) is 26.8 Å². The van der Waals surface area contributed by atoms with Crippen LogP contribution in [0.4, 0.5) is 0 Å². The summed E-state index contributed by atoms with van der Waals surface area (Å²) in [6, 6.07) is 14.3. The highest BCUT2D eigenvalue weighted by Gasteiger charge is 2.37. The van der Waals surface area contributed by atoms with Crippen molar-refractivity contribution in [3.8, 4) is 5.75 Å². The topological polar surface area (TPSA) is 50.8 Å². The van der Waals surface area contributed by atoms with E-state index in [0.29, 0.717) is 18.2 Å². The van der Waals surface area contributed by atoms with E-state index < -0.39 is 0 Å². The number of hydrogen-bond donors (Lipinski definition) is 1. The number of rotatable bonds is 6. The lowest BCUT2D eigenvalue weighted by Crippen LogP contribution is -2.49. The molecule has 154 valence electrons. The van der Waals surface area contributed by atoms with Gasteiger partial charge in [-0.2, -0.15) is 0 Å². The second-order valence-corrected chi connectivity index (χ2v) is 7.88. The molecule has 0 radical (unpaired) electrons. The maximum absolute atomic E-state index is 12.8. The van der Waals surface area contributed by atoms with Crippen molar-refractivity contribution in [3.63, 3.8) is 0 Å². The molecule has 1 amide bonds. The van der Waals surface area contributed by atoms with E-state index in [-0.39, 0.29) is 12.0 Å². The van der Waals surface area contributed by atoms with E-state index in [1.54, 1.807) is 7.11 Å². The van der Waals surface area contributed by atoms with Gasteiger partial charge in [0, 0.05) is 24.7 Å². The number of amides is 1. The van der Waals surface area contributed by atoms with Gasteiger partial charge >= 0.3 is 0 Å². The van der Waals surface area contributed by atoms with Crippen LogP contribution in [0.5, 0.6) is 5.75 Å². The molecular formula is C24H30N2O3. The molecule has 2 aromatic rings. The fourth-order valence-electron chi connectivity index (χ4n) is 4.52. The van der Waals surface area contributed by atoms with Crippen LogP contribution in [-0.4, -0.2) is 43.7 Å². The van der Waals surface area contributed by atoms with Crippen LogP contribution in [0, 0.1) is 0 Å². The summed E-state index contributed by atoms with van der Waals surface area (Å²) in [5.74, 6) is 0.765. The molecule has 4 rings (SSSR count). The first-order valence-corrected chi connectivity index (χ1v) is 10.6. The van der Waals surface area contributed by atoms with Crippen LogP contribution in [0.15, 0.2) is 42.5 Å². The number of morpholine rings is 1. The standard InChI is InChI=1S/C24H30N2O3/c1-3-12-26-13-14-29-23-21-15-19(7-6-18(21)8-11-22(23)26)24(27)25-16-17-4-9-20(28-2)10-5-17/h4-7,9-10,15,22-23H,3,8,11-14,16H2,1-2H3,(H,25,27)/t22-,23-/m1/s1. The number of nitrogens with zero attached hydrogens (tertiary/aromatic N) is 1. The normalized spacial score (nSPS) is 21.2. The molecule has 0 saturated carbocycles. The van der Waals surface area contributed by atoms with E-state index in [9.17, 15) is 4.79 Å². The third-order valence-electron chi connectivity index (χ3n) is 6.04. The van der Waals surface area contributed by atoms with Crippen LogP contribution in [0.25, 0.3) is 0 Å². The van der Waals surface area contributed by atoms with Crippen LogP contribution < -0.4 is 10.1 Å². The Morgan fingerprint density at radius 2 is 2.07 bits per heavy atom. The molecule has 0 bridgehead atoms. The lowest BCUT2D eigenvalue weighted by Gasteiger charge is -2.44. The maximum Gasteiger partial charge on any atom is 0.251 e. The third kappa shape index (κ3) is 4.31. The molecule has 1 heterocycles. The van der Waals surface area contributed by atoms with Crippen molar-refractivity contribution in [3.05, 3.63) is 64.7 Å². The maximum atomic E-state index is 12.8. The summed E-state index contributed by atoms with van der Waals surface area (Å²) in [6.45, 7) is 5.60. The number of carbonyl (C=O) groups excluding carboxylic acids is 1. The van der Waals surface area contributed by atoms with Crippen LogP contribution in [-0.2, 0) is 17.7 Å². The van der Waals surface area contributed by atoms with E-state index in [0.717, 1.165) is 50.3 Å². The first-order valence-electron chi connectivity index (χ1n) is 10.6. The number of carbonyl (C=O) groups is 1. The minimum absolute atomic E-state index is 0.0491. The number of benzene rings is 2. The molecule has 5 nitrogen and oxygen atoms in total. The molecule has 0 unspecified atom stereocenters. The summed E-state index contributed by atoms with van der Waals surface area (Å²) >= 11 is 0. The van der Waals surface area contributed by atoms with Gasteiger partial charge in [-0.3, -0.25) is 9.69 Å². The van der Waals surface area contributed by atoms with Gasteiger partial charge in [-0.05, 0) is 66.8 Å². The fraction of sp³-hybridized carbons (Fsp3) is 0.458. The van der Waals surface area contributed by atoms with Crippen LogP contribution >= 0.6 is 0 Å². The predicted molar refractivity (Wildman–Crippen MR) is 113 cm³/mol. The fourth-order valence-corrected chi connectivity index (χ4v) is 4.52. The Balaban J connectivity index is 1.47. The summed E-state index contributed by atoms with van der Waals surface area (Å²) in [5.41, 5.74) is 4.26. The van der Waals surface area contributed by atoms with Crippen molar-refractivity contribution in [2.24, 2.45) is 0 Å². The Morgan fingerprint density at radius 1 is 1.24 bits per heavy atom. The van der Waals surface area contributed by atoms with E-state index in [1.165, 1.54) is 11.1 Å². The van der Waals surface area contributed by atoms with Crippen LogP contribution in [0.3, 0.4) is 0 Å². The van der Waals surface area contributed by atoms with Gasteiger partial charge in [-0.1, -0.05) is 25.1 Å². The van der Waals surface area contributed by atoms with Crippen molar-refractivity contribution < 1.29 is 14.3 Å². The van der Waals surface area contributed by atoms with Gasteiger partial charge < -0.3 is 14.8 Å². The Hall–Kier alpha value is -2.37. The zero-order valence-corrected chi connectivity index (χ0v) is 17.3. The first-order chi connectivity index (χ1) is 14.2. The monoisotopic (exact) mass is 394 g/mol. The molecule has 1 aliphatic heterocycles. The quantitative estimate of drug-likeness (QED) is 0.811. The van der Waals surface area contributed by atoms with Gasteiger partial charge in [-0.15, -0.1) is 0 Å². The van der Waals surface area contributed by atoms with E-state index in [1.807, 2.05) is 36.4 Å². The zero-order chi connectivity index (χ0) is 20.2. The van der Waals surface area contributed by atoms with Crippen molar-refractivity contribution in [2.45, 2.75) is 44.9 Å². The molecule has 2 atom stereocenters. The Labute approximate surface area is 173 Å². The summed E-state index contributed by atoms with van der Waals surface area (Å²) in [4.78, 5) is 15.3. The average Bonchev–Trinajstić information content (AvgIpc) is 2.77. The molecule has 1 fully saturated rings. The lowest BCUT2D eigenvalue weighted by molar-refractivity contribution is -0.0801.